The maximum absolute atomic E-state index is 12.2. The summed E-state index contributed by atoms with van der Waals surface area (Å²) in [5.41, 5.74) is 0.992. The van der Waals surface area contributed by atoms with Gasteiger partial charge in [-0.2, -0.15) is 0 Å². The Kier molecular flexibility index (Phi) is 6.39. The first-order valence-electron chi connectivity index (χ1n) is 5.84. The molecule has 0 N–H and O–H groups in total. The fraction of sp³-hybridized carbons (Fsp3) is 0.500. The van der Waals surface area contributed by atoms with E-state index in [2.05, 4.69) is 0 Å². The molecule has 1 unspecified atom stereocenters. The van der Waals surface area contributed by atoms with Crippen LogP contribution < -0.4 is 0 Å². The highest BCUT2D eigenvalue weighted by molar-refractivity contribution is 7.97. The largest absolute Gasteiger partial charge is 0.611 e. The van der Waals surface area contributed by atoms with Gasteiger partial charge in [0.25, 0.3) is 0 Å². The number of hydrogen-bond acceptors (Lipinski definition) is 4. The lowest BCUT2D eigenvalue weighted by Gasteiger charge is -2.18. The Morgan fingerprint density at radius 1 is 1.17 bits per heavy atom. The Balaban J connectivity index is 2.74. The molecule has 0 aliphatic carbocycles. The van der Waals surface area contributed by atoms with Crippen LogP contribution >= 0.6 is 7.60 Å². The van der Waals surface area contributed by atoms with Gasteiger partial charge < -0.3 is 13.6 Å². The highest BCUT2D eigenvalue weighted by atomic mass is 32.2. The Hall–Kier alpha value is -0.320. The molecule has 0 aliphatic heterocycles. The minimum Gasteiger partial charge on any atom is -0.611 e. The van der Waals surface area contributed by atoms with Crippen molar-refractivity contribution < 1.29 is 18.2 Å². The van der Waals surface area contributed by atoms with Crippen LogP contribution in [0, 0.1) is 6.92 Å². The molecule has 1 aromatic rings. The van der Waals surface area contributed by atoms with Gasteiger partial charge in [-0.1, -0.05) is 17.7 Å². The van der Waals surface area contributed by atoms with E-state index in [0.29, 0.717) is 4.90 Å². The summed E-state index contributed by atoms with van der Waals surface area (Å²) >= 11 is -1.38. The normalized spacial score (nSPS) is 13.6. The van der Waals surface area contributed by atoms with Crippen LogP contribution in [0.5, 0.6) is 0 Å². The molecule has 1 atom stereocenters. The topological polar surface area (TPSA) is 58.6 Å². The maximum Gasteiger partial charge on any atom is 0.379 e. The van der Waals surface area contributed by atoms with Gasteiger partial charge in [-0.15, -0.1) is 0 Å². The predicted molar refractivity (Wildman–Crippen MR) is 73.3 cm³/mol. The SMILES string of the molecule is CCOP(=O)(C[S+]([O-])c1ccc(C)cc1)OCC. The van der Waals surface area contributed by atoms with Gasteiger partial charge in [-0.05, 0) is 44.1 Å². The van der Waals surface area contributed by atoms with E-state index in [1.165, 1.54) is 0 Å². The standard InChI is InChI=1S/C12H19O4PS/c1-4-15-17(13,16-5-2)10-18(14)12-8-6-11(3)7-9-12/h6-9H,4-5,10H2,1-3H3. The van der Waals surface area contributed by atoms with Crippen molar-refractivity contribution in [1.82, 2.24) is 0 Å². The third-order valence-electron chi connectivity index (χ3n) is 2.21. The quantitative estimate of drug-likeness (QED) is 0.571. The van der Waals surface area contributed by atoms with Crippen LogP contribution in [-0.2, 0) is 24.8 Å². The van der Waals surface area contributed by atoms with Crippen molar-refractivity contribution in [2.24, 2.45) is 0 Å². The molecule has 0 amide bonds. The summed E-state index contributed by atoms with van der Waals surface area (Å²) in [6, 6.07) is 7.29. The lowest BCUT2D eigenvalue weighted by atomic mass is 10.2. The van der Waals surface area contributed by atoms with E-state index in [9.17, 15) is 9.12 Å². The third-order valence-corrected chi connectivity index (χ3v) is 6.51. The van der Waals surface area contributed by atoms with Crippen molar-refractivity contribution in [3.63, 3.8) is 0 Å². The van der Waals surface area contributed by atoms with Crippen molar-refractivity contribution >= 4 is 18.8 Å². The molecule has 1 aromatic carbocycles. The van der Waals surface area contributed by atoms with Crippen LogP contribution in [0.4, 0.5) is 0 Å². The maximum atomic E-state index is 12.2. The van der Waals surface area contributed by atoms with Crippen LogP contribution in [0.2, 0.25) is 0 Å². The second-order valence-corrected chi connectivity index (χ2v) is 7.67. The predicted octanol–water partition coefficient (Wildman–Crippen LogP) is 3.33. The van der Waals surface area contributed by atoms with E-state index in [1.807, 2.05) is 19.1 Å². The monoisotopic (exact) mass is 290 g/mol. The summed E-state index contributed by atoms with van der Waals surface area (Å²) in [5, 5.41) is 0. The lowest BCUT2D eigenvalue weighted by Crippen LogP contribution is -2.11. The molecule has 0 heterocycles. The molecule has 0 fully saturated rings. The van der Waals surface area contributed by atoms with Crippen molar-refractivity contribution in [2.45, 2.75) is 25.7 Å². The minimum absolute atomic E-state index is 0.0995. The average molecular weight is 290 g/mol. The lowest BCUT2D eigenvalue weighted by molar-refractivity contribution is 0.223. The summed E-state index contributed by atoms with van der Waals surface area (Å²) in [6.45, 7) is 5.99. The molecule has 1 rings (SSSR count). The van der Waals surface area contributed by atoms with E-state index in [4.69, 9.17) is 9.05 Å². The van der Waals surface area contributed by atoms with Crippen LogP contribution in [0.15, 0.2) is 29.2 Å². The molecule has 18 heavy (non-hydrogen) atoms. The van der Waals surface area contributed by atoms with E-state index < -0.39 is 18.8 Å². The Morgan fingerprint density at radius 2 is 1.67 bits per heavy atom. The molecule has 4 nitrogen and oxygen atoms in total. The molecule has 6 heteroatoms. The second kappa shape index (κ2) is 7.31. The molecular formula is C12H19O4PS. The molecule has 102 valence electrons. The highest BCUT2D eigenvalue weighted by Crippen LogP contribution is 2.50. The summed E-state index contributed by atoms with van der Waals surface area (Å²) in [5.74, 6) is 0. The molecule has 0 spiro atoms. The van der Waals surface area contributed by atoms with Crippen molar-refractivity contribution in [1.29, 1.82) is 0 Å². The van der Waals surface area contributed by atoms with Crippen LogP contribution in [0.3, 0.4) is 0 Å². The Morgan fingerprint density at radius 3 is 2.11 bits per heavy atom. The van der Waals surface area contributed by atoms with Gasteiger partial charge in [0, 0.05) is 0 Å². The highest BCUT2D eigenvalue weighted by Gasteiger charge is 2.31. The van der Waals surface area contributed by atoms with E-state index in [1.54, 1.807) is 26.0 Å². The zero-order valence-electron chi connectivity index (χ0n) is 10.9. The van der Waals surface area contributed by atoms with Crippen LogP contribution in [0.25, 0.3) is 0 Å². The molecule has 0 saturated heterocycles. The third kappa shape index (κ3) is 4.75. The smallest absolute Gasteiger partial charge is 0.379 e. The number of benzene rings is 1. The van der Waals surface area contributed by atoms with Crippen LogP contribution in [0.1, 0.15) is 19.4 Å². The first-order chi connectivity index (χ1) is 8.50. The zero-order chi connectivity index (χ0) is 13.6. The molecule has 0 saturated carbocycles. The van der Waals surface area contributed by atoms with Crippen molar-refractivity contribution in [3.8, 4) is 0 Å². The minimum atomic E-state index is -3.25. The number of rotatable bonds is 7. The van der Waals surface area contributed by atoms with E-state index in [0.717, 1.165) is 5.56 Å². The first kappa shape index (κ1) is 15.7. The van der Waals surface area contributed by atoms with Gasteiger partial charge in [0.2, 0.25) is 5.49 Å². The van der Waals surface area contributed by atoms with Gasteiger partial charge in [-0.25, -0.2) is 0 Å². The molecular weight excluding hydrogens is 271 g/mol. The molecule has 0 bridgehead atoms. The fourth-order valence-corrected chi connectivity index (χ4v) is 5.06. The van der Waals surface area contributed by atoms with Crippen LogP contribution in [-0.4, -0.2) is 23.3 Å². The Bertz CT molecular complexity index is 397. The molecule has 0 aromatic heterocycles. The molecule has 0 aliphatic rings. The van der Waals surface area contributed by atoms with Gasteiger partial charge in [0.05, 0.1) is 13.2 Å². The fourth-order valence-electron chi connectivity index (χ4n) is 1.41. The average Bonchev–Trinajstić information content (AvgIpc) is 2.30. The first-order valence-corrected chi connectivity index (χ1v) is 8.88. The van der Waals surface area contributed by atoms with Gasteiger partial charge in [0.1, 0.15) is 0 Å². The number of hydrogen-bond donors (Lipinski definition) is 0. The Labute approximate surface area is 111 Å². The summed E-state index contributed by atoms with van der Waals surface area (Å²) in [6.07, 6.45) is 0. The summed E-state index contributed by atoms with van der Waals surface area (Å²) in [7, 11) is -3.25. The summed E-state index contributed by atoms with van der Waals surface area (Å²) < 4.78 is 34.6. The summed E-state index contributed by atoms with van der Waals surface area (Å²) in [4.78, 5) is 0.639. The molecule has 0 radical (unpaired) electrons. The second-order valence-electron chi connectivity index (χ2n) is 3.73. The van der Waals surface area contributed by atoms with Crippen molar-refractivity contribution in [2.75, 3.05) is 18.7 Å². The van der Waals surface area contributed by atoms with Gasteiger partial charge in [-0.3, -0.25) is 4.57 Å². The van der Waals surface area contributed by atoms with E-state index >= 15 is 0 Å². The van der Waals surface area contributed by atoms with Crippen molar-refractivity contribution in [3.05, 3.63) is 29.8 Å². The van der Waals surface area contributed by atoms with Gasteiger partial charge in [0.15, 0.2) is 4.90 Å². The van der Waals surface area contributed by atoms with E-state index in [-0.39, 0.29) is 18.7 Å². The van der Waals surface area contributed by atoms with Gasteiger partial charge >= 0.3 is 7.60 Å². The zero-order valence-corrected chi connectivity index (χ0v) is 12.6. The number of aryl methyl sites for hydroxylation is 1.